The van der Waals surface area contributed by atoms with E-state index in [2.05, 4.69) is 17.6 Å². The van der Waals surface area contributed by atoms with Crippen molar-refractivity contribution in [3.05, 3.63) is 18.2 Å². The largest absolute Gasteiger partial charge is 0.490 e. The van der Waals surface area contributed by atoms with E-state index in [-0.39, 0.29) is 30.4 Å². The number of anilines is 1. The Bertz CT molecular complexity index is 710. The van der Waals surface area contributed by atoms with Crippen LogP contribution < -0.4 is 25.0 Å². The third kappa shape index (κ3) is 6.90. The maximum Gasteiger partial charge on any atom is 0.279 e. The number of carbonyl (C=O) groups is 2. The summed E-state index contributed by atoms with van der Waals surface area (Å²) in [6.07, 6.45) is 4.61. The second kappa shape index (κ2) is 11.8. The minimum Gasteiger partial charge on any atom is -0.490 e. The number of benzene rings is 1. The molecular formula is C23H38N3O4+. The van der Waals surface area contributed by atoms with Gasteiger partial charge in [0.1, 0.15) is 0 Å². The summed E-state index contributed by atoms with van der Waals surface area (Å²) in [7, 11) is 1.87. The van der Waals surface area contributed by atoms with Crippen LogP contribution in [0.4, 0.5) is 5.69 Å². The summed E-state index contributed by atoms with van der Waals surface area (Å²) in [6.45, 7) is 9.14. The van der Waals surface area contributed by atoms with Crippen molar-refractivity contribution in [1.82, 2.24) is 5.32 Å². The van der Waals surface area contributed by atoms with Gasteiger partial charge in [-0.3, -0.25) is 9.59 Å². The van der Waals surface area contributed by atoms with Crippen LogP contribution in [0.1, 0.15) is 53.4 Å². The van der Waals surface area contributed by atoms with E-state index in [0.29, 0.717) is 36.3 Å². The molecule has 4 atom stereocenters. The zero-order valence-corrected chi connectivity index (χ0v) is 19.0. The first kappa shape index (κ1) is 24.0. The summed E-state index contributed by atoms with van der Waals surface area (Å²) >= 11 is 0. The lowest BCUT2D eigenvalue weighted by Gasteiger charge is -2.31. The van der Waals surface area contributed by atoms with E-state index in [9.17, 15) is 9.59 Å². The van der Waals surface area contributed by atoms with E-state index in [1.165, 1.54) is 12.8 Å². The first-order chi connectivity index (χ1) is 14.3. The van der Waals surface area contributed by atoms with Gasteiger partial charge in [-0.25, -0.2) is 0 Å². The molecule has 1 aliphatic rings. The molecule has 3 N–H and O–H groups in total. The number of likely N-dealkylation sites (N-methyl/N-ethyl adjacent to an activating group) is 1. The molecule has 2 rings (SSSR count). The average Bonchev–Trinajstić information content (AvgIpc) is 2.71. The normalized spacial score (nSPS) is 20.7. The van der Waals surface area contributed by atoms with Crippen molar-refractivity contribution in [3.63, 3.8) is 0 Å². The number of hydrogen-bond donors (Lipinski definition) is 3. The molecule has 1 aromatic carbocycles. The van der Waals surface area contributed by atoms with Crippen molar-refractivity contribution in [2.45, 2.75) is 65.5 Å². The van der Waals surface area contributed by atoms with Crippen molar-refractivity contribution in [2.24, 2.45) is 5.92 Å². The zero-order valence-electron chi connectivity index (χ0n) is 19.0. The molecule has 0 heterocycles. The molecular weight excluding hydrogens is 382 g/mol. The number of nitrogens with one attached hydrogen (secondary N) is 3. The molecule has 0 aliphatic heterocycles. The molecule has 7 heteroatoms. The molecule has 2 amide bonds. The fourth-order valence-electron chi connectivity index (χ4n) is 3.80. The van der Waals surface area contributed by atoms with Gasteiger partial charge in [-0.05, 0) is 51.7 Å². The number of amides is 2. The lowest BCUT2D eigenvalue weighted by molar-refractivity contribution is -0.885. The summed E-state index contributed by atoms with van der Waals surface area (Å²) in [4.78, 5) is 26.0. The monoisotopic (exact) mass is 420 g/mol. The summed E-state index contributed by atoms with van der Waals surface area (Å²) in [6, 6.07) is 5.30. The highest BCUT2D eigenvalue weighted by Crippen LogP contribution is 2.30. The van der Waals surface area contributed by atoms with E-state index in [1.54, 1.807) is 18.2 Å². The smallest absolute Gasteiger partial charge is 0.279 e. The highest BCUT2D eigenvalue weighted by atomic mass is 16.5. The van der Waals surface area contributed by atoms with Crippen molar-refractivity contribution in [2.75, 3.05) is 32.1 Å². The highest BCUT2D eigenvalue weighted by molar-refractivity contribution is 5.92. The van der Waals surface area contributed by atoms with Crippen molar-refractivity contribution in [1.29, 1.82) is 0 Å². The van der Waals surface area contributed by atoms with Gasteiger partial charge in [0.05, 0.1) is 20.3 Å². The quantitative estimate of drug-likeness (QED) is 0.541. The summed E-state index contributed by atoms with van der Waals surface area (Å²) < 4.78 is 11.2. The minimum atomic E-state index is -0.302. The Balaban J connectivity index is 1.90. The van der Waals surface area contributed by atoms with Crippen LogP contribution in [0.3, 0.4) is 0 Å². The van der Waals surface area contributed by atoms with Gasteiger partial charge < -0.3 is 25.0 Å². The standard InChI is InChI=1S/C23H37N3O4/c1-6-29-20-13-12-18(14-21(20)30-7-2)24-22(27)15-26(5)17(4)23(28)25-19-11-9-8-10-16(19)3/h12-14,16-17,19H,6-11,15H2,1-5H3,(H,24,27)(H,25,28)/p+1/t16-,17+,19+/m0/s1. The Labute approximate surface area is 180 Å². The molecule has 1 aromatic rings. The van der Waals surface area contributed by atoms with Crippen molar-refractivity contribution < 1.29 is 24.0 Å². The average molecular weight is 421 g/mol. The van der Waals surface area contributed by atoms with Crippen LogP contribution in [0.15, 0.2) is 18.2 Å². The van der Waals surface area contributed by atoms with Crippen LogP contribution >= 0.6 is 0 Å². The van der Waals surface area contributed by atoms with E-state index >= 15 is 0 Å². The van der Waals surface area contributed by atoms with Gasteiger partial charge in [0.15, 0.2) is 24.1 Å². The van der Waals surface area contributed by atoms with Gasteiger partial charge in [-0.15, -0.1) is 0 Å². The van der Waals surface area contributed by atoms with Gasteiger partial charge in [0.25, 0.3) is 11.8 Å². The summed E-state index contributed by atoms with van der Waals surface area (Å²) in [5.74, 6) is 1.63. The maximum atomic E-state index is 12.7. The molecule has 0 radical (unpaired) electrons. The fourth-order valence-corrected chi connectivity index (χ4v) is 3.80. The first-order valence-corrected chi connectivity index (χ1v) is 11.2. The highest BCUT2D eigenvalue weighted by Gasteiger charge is 2.29. The topological polar surface area (TPSA) is 81.1 Å². The molecule has 0 bridgehead atoms. The zero-order chi connectivity index (χ0) is 22.1. The van der Waals surface area contributed by atoms with Crippen molar-refractivity contribution >= 4 is 17.5 Å². The van der Waals surface area contributed by atoms with E-state index in [0.717, 1.165) is 17.7 Å². The first-order valence-electron chi connectivity index (χ1n) is 11.2. The second-order valence-corrected chi connectivity index (χ2v) is 8.20. The number of rotatable bonds is 10. The van der Waals surface area contributed by atoms with E-state index in [1.807, 2.05) is 27.8 Å². The molecule has 1 unspecified atom stereocenters. The molecule has 0 spiro atoms. The van der Waals surface area contributed by atoms with E-state index < -0.39 is 0 Å². The lowest BCUT2D eigenvalue weighted by atomic mass is 9.86. The minimum absolute atomic E-state index is 0.0127. The van der Waals surface area contributed by atoms with Crippen LogP contribution in [-0.2, 0) is 9.59 Å². The maximum absolute atomic E-state index is 12.7. The van der Waals surface area contributed by atoms with Gasteiger partial charge in [0, 0.05) is 17.8 Å². The Hall–Kier alpha value is -2.28. The van der Waals surface area contributed by atoms with Crippen molar-refractivity contribution in [3.8, 4) is 11.5 Å². The van der Waals surface area contributed by atoms with Crippen LogP contribution in [-0.4, -0.2) is 50.7 Å². The number of quaternary nitrogens is 1. The summed E-state index contributed by atoms with van der Waals surface area (Å²) in [5.41, 5.74) is 0.646. The van der Waals surface area contributed by atoms with Gasteiger partial charge >= 0.3 is 0 Å². The van der Waals surface area contributed by atoms with Crippen LogP contribution in [0, 0.1) is 5.92 Å². The number of hydrogen-bond acceptors (Lipinski definition) is 4. The molecule has 1 saturated carbocycles. The van der Waals surface area contributed by atoms with Gasteiger partial charge in [0.2, 0.25) is 0 Å². The Morgan fingerprint density at radius 2 is 1.80 bits per heavy atom. The Morgan fingerprint density at radius 1 is 1.13 bits per heavy atom. The molecule has 1 fully saturated rings. The lowest BCUT2D eigenvalue weighted by Crippen LogP contribution is -3.15. The Morgan fingerprint density at radius 3 is 2.47 bits per heavy atom. The third-order valence-electron chi connectivity index (χ3n) is 5.84. The molecule has 0 aromatic heterocycles. The predicted molar refractivity (Wildman–Crippen MR) is 118 cm³/mol. The predicted octanol–water partition coefficient (Wildman–Crippen LogP) is 2.02. The molecule has 30 heavy (non-hydrogen) atoms. The third-order valence-corrected chi connectivity index (χ3v) is 5.84. The van der Waals surface area contributed by atoms with Crippen LogP contribution in [0.25, 0.3) is 0 Å². The molecule has 0 saturated heterocycles. The molecule has 168 valence electrons. The van der Waals surface area contributed by atoms with Crippen LogP contribution in [0.5, 0.6) is 11.5 Å². The Kier molecular flexibility index (Phi) is 9.43. The molecule has 7 nitrogen and oxygen atoms in total. The number of ether oxygens (including phenoxy) is 2. The summed E-state index contributed by atoms with van der Waals surface area (Å²) in [5, 5.41) is 6.09. The van der Waals surface area contributed by atoms with E-state index in [4.69, 9.17) is 9.47 Å². The fraction of sp³-hybridized carbons (Fsp3) is 0.652. The second-order valence-electron chi connectivity index (χ2n) is 8.20. The van der Waals surface area contributed by atoms with Gasteiger partial charge in [-0.1, -0.05) is 19.8 Å². The van der Waals surface area contributed by atoms with Gasteiger partial charge in [-0.2, -0.15) is 0 Å². The molecule has 1 aliphatic carbocycles. The number of carbonyl (C=O) groups excluding carboxylic acids is 2. The van der Waals surface area contributed by atoms with Crippen LogP contribution in [0.2, 0.25) is 0 Å². The SMILES string of the molecule is CCOc1ccc(NC(=O)C[NH+](C)[C@H](C)C(=O)N[C@@H]2CCCC[C@@H]2C)cc1OCC.